The van der Waals surface area contributed by atoms with Crippen LogP contribution in [0.5, 0.6) is 0 Å². The zero-order valence-corrected chi connectivity index (χ0v) is 8.81. The first-order chi connectivity index (χ1) is 7.26. The van der Waals surface area contributed by atoms with E-state index in [1.54, 1.807) is 6.20 Å². The van der Waals surface area contributed by atoms with Crippen molar-refractivity contribution in [3.05, 3.63) is 11.9 Å². The first kappa shape index (κ1) is 11.6. The van der Waals surface area contributed by atoms with Crippen LogP contribution in [0.15, 0.2) is 6.20 Å². The fourth-order valence-electron chi connectivity index (χ4n) is 1.19. The van der Waals surface area contributed by atoms with Crippen LogP contribution in [0.25, 0.3) is 0 Å². The third-order valence-electron chi connectivity index (χ3n) is 1.86. The van der Waals surface area contributed by atoms with Gasteiger partial charge in [0.25, 0.3) is 0 Å². The number of carbonyl (C=O) groups is 1. The summed E-state index contributed by atoms with van der Waals surface area (Å²) in [5, 5.41) is 19.0. The van der Waals surface area contributed by atoms with Crippen LogP contribution in [0, 0.1) is 0 Å². The molecular weight excluding hydrogens is 196 g/mol. The van der Waals surface area contributed by atoms with Gasteiger partial charge in [0.15, 0.2) is 0 Å². The molecule has 0 aliphatic heterocycles. The van der Waals surface area contributed by atoms with Gasteiger partial charge in [-0.2, -0.15) is 0 Å². The molecule has 0 aliphatic rings. The summed E-state index contributed by atoms with van der Waals surface area (Å²) in [5.41, 5.74) is 0.799. The maximum atomic E-state index is 11.2. The highest BCUT2D eigenvalue weighted by Crippen LogP contribution is 1.97. The molecule has 0 radical (unpaired) electrons. The van der Waals surface area contributed by atoms with Crippen molar-refractivity contribution in [3.8, 4) is 0 Å². The Morgan fingerprint density at radius 1 is 1.67 bits per heavy atom. The number of aliphatic hydroxyl groups is 1. The van der Waals surface area contributed by atoms with Crippen molar-refractivity contribution in [1.29, 1.82) is 0 Å². The van der Waals surface area contributed by atoms with Crippen LogP contribution in [-0.4, -0.2) is 39.2 Å². The lowest BCUT2D eigenvalue weighted by molar-refractivity contribution is -0.121. The van der Waals surface area contributed by atoms with Crippen LogP contribution in [0.1, 0.15) is 19.0 Å². The molecule has 15 heavy (non-hydrogen) atoms. The topological polar surface area (TPSA) is 80.0 Å². The Bertz CT molecular complexity index is 311. The molecule has 0 unspecified atom stereocenters. The van der Waals surface area contributed by atoms with Gasteiger partial charge in [-0.1, -0.05) is 5.21 Å². The highest BCUT2D eigenvalue weighted by atomic mass is 16.2. The molecule has 1 aromatic heterocycles. The minimum Gasteiger partial charge on any atom is -0.396 e. The zero-order chi connectivity index (χ0) is 11.1. The van der Waals surface area contributed by atoms with Gasteiger partial charge in [0.1, 0.15) is 6.54 Å². The third kappa shape index (κ3) is 4.07. The van der Waals surface area contributed by atoms with Gasteiger partial charge in [-0.15, -0.1) is 5.10 Å². The fourth-order valence-corrected chi connectivity index (χ4v) is 1.19. The van der Waals surface area contributed by atoms with E-state index in [2.05, 4.69) is 15.6 Å². The second-order valence-electron chi connectivity index (χ2n) is 3.19. The van der Waals surface area contributed by atoms with E-state index in [4.69, 9.17) is 5.11 Å². The van der Waals surface area contributed by atoms with Crippen molar-refractivity contribution in [2.24, 2.45) is 0 Å². The molecule has 84 valence electrons. The van der Waals surface area contributed by atoms with Gasteiger partial charge in [-0.25, -0.2) is 4.68 Å². The van der Waals surface area contributed by atoms with Crippen LogP contribution in [0.3, 0.4) is 0 Å². The predicted molar refractivity (Wildman–Crippen MR) is 54.1 cm³/mol. The molecule has 1 amide bonds. The van der Waals surface area contributed by atoms with Gasteiger partial charge in [0, 0.05) is 19.3 Å². The lowest BCUT2D eigenvalue weighted by Crippen LogP contribution is -2.27. The molecule has 0 aliphatic carbocycles. The molecule has 6 nitrogen and oxygen atoms in total. The molecule has 0 fully saturated rings. The van der Waals surface area contributed by atoms with Gasteiger partial charge in [-0.3, -0.25) is 4.79 Å². The third-order valence-corrected chi connectivity index (χ3v) is 1.86. The Hall–Kier alpha value is -1.43. The van der Waals surface area contributed by atoms with Crippen molar-refractivity contribution in [2.75, 3.05) is 13.2 Å². The van der Waals surface area contributed by atoms with Crippen LogP contribution in [-0.2, 0) is 17.8 Å². The van der Waals surface area contributed by atoms with Crippen molar-refractivity contribution in [2.45, 2.75) is 26.3 Å². The summed E-state index contributed by atoms with van der Waals surface area (Å²) >= 11 is 0. The number of nitrogens with zero attached hydrogens (tertiary/aromatic N) is 3. The number of aromatic nitrogens is 3. The highest BCUT2D eigenvalue weighted by molar-refractivity contribution is 5.75. The summed E-state index contributed by atoms with van der Waals surface area (Å²) in [6.07, 6.45) is 3.08. The molecule has 0 saturated heterocycles. The summed E-state index contributed by atoms with van der Waals surface area (Å²) < 4.78 is 1.50. The van der Waals surface area contributed by atoms with Crippen LogP contribution in [0.2, 0.25) is 0 Å². The lowest BCUT2D eigenvalue weighted by atomic mass is 10.3. The molecule has 6 heteroatoms. The minimum atomic E-state index is -0.0730. The Kier molecular flexibility index (Phi) is 4.76. The molecule has 1 heterocycles. The lowest BCUT2D eigenvalue weighted by Gasteiger charge is -2.00. The standard InChI is InChI=1S/C9H16N4O2/c1-2-10-9(15)7-13-6-8(11-12-13)4-3-5-14/h6,14H,2-5,7H2,1H3,(H,10,15). The molecule has 0 bridgehead atoms. The number of nitrogens with one attached hydrogen (secondary N) is 1. The second-order valence-corrected chi connectivity index (χ2v) is 3.19. The van der Waals surface area contributed by atoms with Gasteiger partial charge in [0.05, 0.1) is 5.69 Å². The van der Waals surface area contributed by atoms with E-state index < -0.39 is 0 Å². The number of rotatable bonds is 6. The average Bonchev–Trinajstić information content (AvgIpc) is 2.63. The molecule has 0 saturated carbocycles. The molecule has 0 aromatic carbocycles. The number of amides is 1. The van der Waals surface area contributed by atoms with E-state index in [1.165, 1.54) is 4.68 Å². The van der Waals surface area contributed by atoms with E-state index in [0.717, 1.165) is 5.69 Å². The number of carbonyl (C=O) groups excluding carboxylic acids is 1. The normalized spacial score (nSPS) is 10.3. The van der Waals surface area contributed by atoms with E-state index in [9.17, 15) is 4.79 Å². The minimum absolute atomic E-state index is 0.0730. The molecule has 1 rings (SSSR count). The van der Waals surface area contributed by atoms with Crippen LogP contribution < -0.4 is 5.32 Å². The largest absolute Gasteiger partial charge is 0.396 e. The molecule has 0 spiro atoms. The zero-order valence-electron chi connectivity index (χ0n) is 8.81. The van der Waals surface area contributed by atoms with Gasteiger partial charge < -0.3 is 10.4 Å². The molecule has 0 atom stereocenters. The van der Waals surface area contributed by atoms with Gasteiger partial charge in [-0.05, 0) is 19.8 Å². The Morgan fingerprint density at radius 3 is 3.13 bits per heavy atom. The van der Waals surface area contributed by atoms with Crippen LogP contribution >= 0.6 is 0 Å². The predicted octanol–water partition coefficient (Wildman–Crippen LogP) is -0.661. The summed E-state index contributed by atoms with van der Waals surface area (Å²) in [5.74, 6) is -0.0730. The van der Waals surface area contributed by atoms with Crippen molar-refractivity contribution >= 4 is 5.91 Å². The maximum Gasteiger partial charge on any atom is 0.241 e. The van der Waals surface area contributed by atoms with E-state index in [0.29, 0.717) is 19.4 Å². The van der Waals surface area contributed by atoms with Crippen LogP contribution in [0.4, 0.5) is 0 Å². The SMILES string of the molecule is CCNC(=O)Cn1cc(CCCO)nn1. The highest BCUT2D eigenvalue weighted by Gasteiger charge is 2.04. The van der Waals surface area contributed by atoms with E-state index >= 15 is 0 Å². The molecule has 2 N–H and O–H groups in total. The summed E-state index contributed by atoms with van der Waals surface area (Å²) in [4.78, 5) is 11.2. The van der Waals surface area contributed by atoms with Crippen molar-refractivity contribution in [3.63, 3.8) is 0 Å². The Morgan fingerprint density at radius 2 is 2.47 bits per heavy atom. The summed E-state index contributed by atoms with van der Waals surface area (Å²) in [6, 6.07) is 0. The monoisotopic (exact) mass is 212 g/mol. The fraction of sp³-hybridized carbons (Fsp3) is 0.667. The number of aliphatic hydroxyl groups excluding tert-OH is 1. The number of hydrogen-bond donors (Lipinski definition) is 2. The maximum absolute atomic E-state index is 11.2. The molecular formula is C9H16N4O2. The summed E-state index contributed by atoms with van der Waals surface area (Å²) in [6.45, 7) is 2.82. The first-order valence-corrected chi connectivity index (χ1v) is 5.02. The second kappa shape index (κ2) is 6.13. The van der Waals surface area contributed by atoms with Gasteiger partial charge in [0.2, 0.25) is 5.91 Å². The van der Waals surface area contributed by atoms with Gasteiger partial charge >= 0.3 is 0 Å². The van der Waals surface area contributed by atoms with Crippen molar-refractivity contribution < 1.29 is 9.90 Å². The van der Waals surface area contributed by atoms with E-state index in [-0.39, 0.29) is 19.1 Å². The number of aryl methyl sites for hydroxylation is 1. The Balaban J connectivity index is 2.42. The van der Waals surface area contributed by atoms with E-state index in [1.807, 2.05) is 6.92 Å². The Labute approximate surface area is 88.3 Å². The van der Waals surface area contributed by atoms with Crippen molar-refractivity contribution in [1.82, 2.24) is 20.3 Å². The average molecular weight is 212 g/mol. The number of hydrogen-bond acceptors (Lipinski definition) is 4. The molecule has 1 aromatic rings. The first-order valence-electron chi connectivity index (χ1n) is 5.02. The quantitative estimate of drug-likeness (QED) is 0.656. The smallest absolute Gasteiger partial charge is 0.241 e. The summed E-state index contributed by atoms with van der Waals surface area (Å²) in [7, 11) is 0. The number of likely N-dealkylation sites (N-methyl/N-ethyl adjacent to an activating group) is 1.